The molecule has 2 nitrogen and oxygen atoms in total. The lowest BCUT2D eigenvalue weighted by Crippen LogP contribution is -2.19. The zero-order chi connectivity index (χ0) is 7.33. The van der Waals surface area contributed by atoms with E-state index < -0.39 is 0 Å². The minimum atomic E-state index is 0.0990. The van der Waals surface area contributed by atoms with Gasteiger partial charge in [0.05, 0.1) is 6.61 Å². The van der Waals surface area contributed by atoms with E-state index in [1.54, 1.807) is 0 Å². The van der Waals surface area contributed by atoms with Gasteiger partial charge in [0.25, 0.3) is 0 Å². The molecule has 0 heterocycles. The lowest BCUT2D eigenvalue weighted by Gasteiger charge is -2.23. The lowest BCUT2D eigenvalue weighted by molar-refractivity contribution is -0.319. The van der Waals surface area contributed by atoms with Crippen molar-refractivity contribution in [3.8, 4) is 0 Å². The van der Waals surface area contributed by atoms with Gasteiger partial charge >= 0.3 is 0 Å². The summed E-state index contributed by atoms with van der Waals surface area (Å²) in [6.45, 7) is 6.54. The zero-order valence-electron chi connectivity index (χ0n) is 6.44. The Morgan fingerprint density at radius 2 is 1.78 bits per heavy atom. The van der Waals surface area contributed by atoms with Crippen LogP contribution in [0.3, 0.4) is 0 Å². The summed E-state index contributed by atoms with van der Waals surface area (Å²) in [6, 6.07) is 0. The molecule has 0 amide bonds. The van der Waals surface area contributed by atoms with Gasteiger partial charge < -0.3 is 0 Å². The quantitative estimate of drug-likeness (QED) is 0.424. The minimum Gasteiger partial charge on any atom is -0.203 e. The van der Waals surface area contributed by atoms with E-state index in [4.69, 9.17) is 0 Å². The van der Waals surface area contributed by atoms with E-state index in [1.807, 2.05) is 0 Å². The first-order valence-corrected chi connectivity index (χ1v) is 3.43. The zero-order valence-corrected chi connectivity index (χ0v) is 6.44. The van der Waals surface area contributed by atoms with Gasteiger partial charge in [-0.3, -0.25) is 0 Å². The third kappa shape index (κ3) is 2.82. The first-order chi connectivity index (χ1) is 4.18. The summed E-state index contributed by atoms with van der Waals surface area (Å²) in [4.78, 5) is 3.84. The molecule has 0 aromatic heterocycles. The summed E-state index contributed by atoms with van der Waals surface area (Å²) in [5, 5.41) is 9.76. The van der Waals surface area contributed by atoms with E-state index in [0.29, 0.717) is 6.61 Å². The molecule has 0 unspecified atom stereocenters. The molecule has 55 valence electrons. The molecule has 0 N–H and O–H groups in total. The maximum Gasteiger partial charge on any atom is 0.0908 e. The van der Waals surface area contributed by atoms with Crippen LogP contribution in [0.15, 0.2) is 0 Å². The van der Waals surface area contributed by atoms with Crippen molar-refractivity contribution in [2.75, 3.05) is 6.61 Å². The van der Waals surface area contributed by atoms with Crippen LogP contribution >= 0.6 is 0 Å². The van der Waals surface area contributed by atoms with Gasteiger partial charge in [-0.2, -0.15) is 0 Å². The van der Waals surface area contributed by atoms with Gasteiger partial charge in [-0.25, -0.2) is 4.89 Å². The molecule has 0 atom stereocenters. The van der Waals surface area contributed by atoms with Gasteiger partial charge in [0, 0.05) is 0 Å². The van der Waals surface area contributed by atoms with Crippen LogP contribution in [0.1, 0.15) is 33.6 Å². The van der Waals surface area contributed by atoms with E-state index in [9.17, 15) is 5.26 Å². The van der Waals surface area contributed by atoms with Crippen LogP contribution in [-0.4, -0.2) is 6.61 Å². The highest BCUT2D eigenvalue weighted by molar-refractivity contribution is 4.68. The molecule has 0 saturated heterocycles. The van der Waals surface area contributed by atoms with Crippen molar-refractivity contribution < 1.29 is 10.1 Å². The molecule has 0 fully saturated rings. The lowest BCUT2D eigenvalue weighted by atomic mass is 9.86. The molecule has 0 aromatic rings. The van der Waals surface area contributed by atoms with Crippen LogP contribution in [0, 0.1) is 5.41 Å². The van der Waals surface area contributed by atoms with Crippen LogP contribution < -0.4 is 0 Å². The molecule has 0 aromatic carbocycles. The fourth-order valence-electron chi connectivity index (χ4n) is 0.596. The SMILES string of the molecule is CCC(C)(CC)CO[O]. The Morgan fingerprint density at radius 1 is 1.33 bits per heavy atom. The minimum absolute atomic E-state index is 0.0990. The highest BCUT2D eigenvalue weighted by atomic mass is 17.1. The second-order valence-electron chi connectivity index (χ2n) is 2.78. The van der Waals surface area contributed by atoms with Crippen LogP contribution in [-0.2, 0) is 10.1 Å². The number of hydrogen-bond donors (Lipinski definition) is 0. The maximum absolute atomic E-state index is 9.76. The maximum atomic E-state index is 9.76. The second kappa shape index (κ2) is 3.85. The average molecular weight is 131 g/mol. The van der Waals surface area contributed by atoms with Crippen LogP contribution in [0.2, 0.25) is 0 Å². The largest absolute Gasteiger partial charge is 0.203 e. The summed E-state index contributed by atoms with van der Waals surface area (Å²) in [6.07, 6.45) is 2.01. The van der Waals surface area contributed by atoms with Gasteiger partial charge in [-0.15, -0.1) is 0 Å². The van der Waals surface area contributed by atoms with Crippen molar-refractivity contribution in [2.24, 2.45) is 5.41 Å². The molecule has 0 saturated carbocycles. The van der Waals surface area contributed by atoms with E-state index in [0.717, 1.165) is 12.8 Å². The third-order valence-electron chi connectivity index (χ3n) is 2.11. The Bertz CT molecular complexity index is 67.3. The number of hydrogen-bond acceptors (Lipinski definition) is 1. The van der Waals surface area contributed by atoms with Crippen LogP contribution in [0.4, 0.5) is 0 Å². The summed E-state index contributed by atoms with van der Waals surface area (Å²) in [5.74, 6) is 0. The normalized spacial score (nSPS) is 12.0. The van der Waals surface area contributed by atoms with E-state index in [-0.39, 0.29) is 5.41 Å². The molecule has 0 rings (SSSR count). The van der Waals surface area contributed by atoms with Gasteiger partial charge in [-0.05, 0) is 23.5 Å². The van der Waals surface area contributed by atoms with Gasteiger partial charge in [0.2, 0.25) is 0 Å². The molecule has 0 aliphatic carbocycles. The molecule has 9 heavy (non-hydrogen) atoms. The Balaban J connectivity index is 3.62. The molecule has 0 aliphatic rings. The summed E-state index contributed by atoms with van der Waals surface area (Å²) in [5.41, 5.74) is 0.0990. The Morgan fingerprint density at radius 3 is 1.89 bits per heavy atom. The van der Waals surface area contributed by atoms with Crippen molar-refractivity contribution in [3.63, 3.8) is 0 Å². The molecular weight excluding hydrogens is 116 g/mol. The summed E-state index contributed by atoms with van der Waals surface area (Å²) in [7, 11) is 0. The van der Waals surface area contributed by atoms with E-state index in [2.05, 4.69) is 25.7 Å². The van der Waals surface area contributed by atoms with Crippen molar-refractivity contribution >= 4 is 0 Å². The van der Waals surface area contributed by atoms with Crippen LogP contribution in [0.25, 0.3) is 0 Å². The van der Waals surface area contributed by atoms with Crippen LogP contribution in [0.5, 0.6) is 0 Å². The van der Waals surface area contributed by atoms with Crippen molar-refractivity contribution in [1.29, 1.82) is 0 Å². The first-order valence-electron chi connectivity index (χ1n) is 3.43. The molecule has 0 bridgehead atoms. The fraction of sp³-hybridized carbons (Fsp3) is 1.00. The smallest absolute Gasteiger partial charge is 0.0908 e. The van der Waals surface area contributed by atoms with Gasteiger partial charge in [0.1, 0.15) is 0 Å². The standard InChI is InChI=1S/C7H15O2/c1-4-7(3,5-2)6-9-8/h4-6H2,1-3H3. The predicted molar refractivity (Wildman–Crippen MR) is 35.3 cm³/mol. The fourth-order valence-corrected chi connectivity index (χ4v) is 0.596. The molecule has 1 radical (unpaired) electrons. The van der Waals surface area contributed by atoms with E-state index >= 15 is 0 Å². The van der Waals surface area contributed by atoms with Crippen molar-refractivity contribution in [2.45, 2.75) is 33.6 Å². The summed E-state index contributed by atoms with van der Waals surface area (Å²) >= 11 is 0. The third-order valence-corrected chi connectivity index (χ3v) is 2.11. The van der Waals surface area contributed by atoms with Gasteiger partial charge in [-0.1, -0.05) is 20.8 Å². The van der Waals surface area contributed by atoms with Gasteiger partial charge in [0.15, 0.2) is 0 Å². The Labute approximate surface area is 56.8 Å². The monoisotopic (exact) mass is 131 g/mol. The molecular formula is C7H15O2. The Kier molecular flexibility index (Phi) is 3.82. The molecule has 2 heteroatoms. The highest BCUT2D eigenvalue weighted by Crippen LogP contribution is 2.24. The summed E-state index contributed by atoms with van der Waals surface area (Å²) < 4.78 is 0. The molecule has 0 aliphatic heterocycles. The predicted octanol–water partition coefficient (Wildman–Crippen LogP) is 2.17. The van der Waals surface area contributed by atoms with E-state index in [1.165, 1.54) is 0 Å². The Hall–Kier alpha value is -0.0800. The van der Waals surface area contributed by atoms with Crippen molar-refractivity contribution in [1.82, 2.24) is 0 Å². The highest BCUT2D eigenvalue weighted by Gasteiger charge is 2.19. The first kappa shape index (κ1) is 8.92. The average Bonchev–Trinajstić information content (AvgIpc) is 1.89. The number of rotatable bonds is 4. The van der Waals surface area contributed by atoms with Crippen molar-refractivity contribution in [3.05, 3.63) is 0 Å². The molecule has 0 spiro atoms. The second-order valence-corrected chi connectivity index (χ2v) is 2.78. The topological polar surface area (TPSA) is 29.1 Å².